The lowest BCUT2D eigenvalue weighted by Crippen LogP contribution is -2.31. The number of nitrogens with zero attached hydrogens (tertiary/aromatic N) is 3. The van der Waals surface area contributed by atoms with Crippen molar-refractivity contribution in [2.24, 2.45) is 0 Å². The summed E-state index contributed by atoms with van der Waals surface area (Å²) in [5.74, 6) is -0.243. The Balaban J connectivity index is 1.38. The number of aryl methyl sites for hydroxylation is 1. The van der Waals surface area contributed by atoms with Crippen molar-refractivity contribution in [2.75, 3.05) is 19.0 Å². The summed E-state index contributed by atoms with van der Waals surface area (Å²) < 4.78 is 76.5. The van der Waals surface area contributed by atoms with Crippen molar-refractivity contribution >= 4 is 33.2 Å². The third-order valence-corrected chi connectivity index (χ3v) is 9.01. The maximum absolute atomic E-state index is 13.6. The van der Waals surface area contributed by atoms with Gasteiger partial charge in [-0.25, -0.2) is 15.0 Å². The summed E-state index contributed by atoms with van der Waals surface area (Å²) in [5, 5.41) is 13.4. The number of thiophene rings is 1. The third-order valence-electron chi connectivity index (χ3n) is 6.94. The van der Waals surface area contributed by atoms with Crippen LogP contribution in [0.4, 0.5) is 19.0 Å². The van der Waals surface area contributed by atoms with E-state index in [0.29, 0.717) is 27.3 Å². The van der Waals surface area contributed by atoms with Crippen molar-refractivity contribution in [3.63, 3.8) is 0 Å². The molecule has 2 aliphatic rings. The van der Waals surface area contributed by atoms with Crippen molar-refractivity contribution in [3.8, 4) is 0 Å². The van der Waals surface area contributed by atoms with E-state index in [1.165, 1.54) is 25.6 Å². The molecule has 0 radical (unpaired) electrons. The zero-order chi connectivity index (χ0) is 29.5. The van der Waals surface area contributed by atoms with Crippen LogP contribution in [0.25, 0.3) is 0 Å². The molecule has 5 rings (SSSR count). The van der Waals surface area contributed by atoms with Crippen molar-refractivity contribution in [1.82, 2.24) is 19.7 Å². The maximum atomic E-state index is 13.6. The SMILES string of the molecule is CNS(=O)(=O)O[C@@H]1C[C@H](Nc2ncncc2C(=O)c2cc([C@H]3OCCc4ccc(C(F)(F)F)nc43)c(C)s2)C[C@@H]1O. The largest absolute Gasteiger partial charge is 0.433 e. The zero-order valence-corrected chi connectivity index (χ0v) is 23.4. The second-order valence-corrected chi connectivity index (χ2v) is 12.4. The minimum Gasteiger partial charge on any atom is -0.390 e. The fraction of sp³-hybridized carbons (Fsp3) is 0.440. The Bertz CT molecular complexity index is 1570. The second kappa shape index (κ2) is 11.3. The summed E-state index contributed by atoms with van der Waals surface area (Å²) in [6.07, 6.45) is -4.25. The van der Waals surface area contributed by atoms with E-state index >= 15 is 0 Å². The van der Waals surface area contributed by atoms with E-state index < -0.39 is 52.3 Å². The van der Waals surface area contributed by atoms with Crippen LogP contribution in [0.15, 0.2) is 30.7 Å². The molecule has 0 amide bonds. The number of rotatable bonds is 8. The molecule has 3 aromatic heterocycles. The summed E-state index contributed by atoms with van der Waals surface area (Å²) >= 11 is 1.16. The van der Waals surface area contributed by atoms with E-state index in [9.17, 15) is 31.5 Å². The number of aliphatic hydroxyl groups excluding tert-OH is 1. The minimum absolute atomic E-state index is 0.129. The molecular formula is C25H26F3N5O6S2. The number of anilines is 1. The quantitative estimate of drug-likeness (QED) is 0.323. The molecule has 0 aromatic carbocycles. The molecule has 0 unspecified atom stereocenters. The number of halogens is 3. The van der Waals surface area contributed by atoms with Crippen LogP contribution in [0.2, 0.25) is 0 Å². The Morgan fingerprint density at radius 2 is 2.05 bits per heavy atom. The van der Waals surface area contributed by atoms with Gasteiger partial charge in [-0.15, -0.1) is 11.3 Å². The van der Waals surface area contributed by atoms with Crippen LogP contribution < -0.4 is 10.0 Å². The standard InChI is InChI=1S/C25H26F3N5O6S2/c1-12-15(23-21-13(5-6-38-23)3-4-20(33-21)25(26,27)28)9-19(40-12)22(35)16-10-30-11-31-24(16)32-14-7-17(34)18(8-14)39-41(36,37)29-2/h3-4,9-11,14,17-18,23,29,34H,5-8H2,1-2H3,(H,30,31,32)/t14-,17+,18-,23-/m1/s1. The lowest BCUT2D eigenvalue weighted by molar-refractivity contribution is -0.141. The number of nitrogens with one attached hydrogen (secondary N) is 2. The van der Waals surface area contributed by atoms with Crippen LogP contribution in [0.5, 0.6) is 0 Å². The number of hydrogen-bond acceptors (Lipinski definition) is 11. The molecule has 3 aromatic rings. The van der Waals surface area contributed by atoms with Crippen molar-refractivity contribution in [1.29, 1.82) is 0 Å². The van der Waals surface area contributed by atoms with Crippen LogP contribution in [0, 0.1) is 6.92 Å². The van der Waals surface area contributed by atoms with Crippen LogP contribution >= 0.6 is 11.3 Å². The number of ether oxygens (including phenoxy) is 1. The van der Waals surface area contributed by atoms with E-state index in [2.05, 4.69) is 20.3 Å². The number of aliphatic hydroxyl groups is 1. The number of pyridine rings is 1. The van der Waals surface area contributed by atoms with Gasteiger partial charge in [0.05, 0.1) is 28.8 Å². The maximum Gasteiger partial charge on any atom is 0.433 e. The first kappa shape index (κ1) is 29.5. The summed E-state index contributed by atoms with van der Waals surface area (Å²) in [6.45, 7) is 2.04. The summed E-state index contributed by atoms with van der Waals surface area (Å²) in [4.78, 5) is 26.6. The molecule has 11 nitrogen and oxygen atoms in total. The Kier molecular flexibility index (Phi) is 8.15. The van der Waals surface area contributed by atoms with Gasteiger partial charge in [0.15, 0.2) is 0 Å². The lowest BCUT2D eigenvalue weighted by Gasteiger charge is -2.26. The topological polar surface area (TPSA) is 153 Å². The first-order chi connectivity index (χ1) is 19.4. The molecule has 3 N–H and O–H groups in total. The molecule has 220 valence electrons. The highest BCUT2D eigenvalue weighted by Gasteiger charge is 2.38. The first-order valence-electron chi connectivity index (χ1n) is 12.6. The van der Waals surface area contributed by atoms with E-state index in [4.69, 9.17) is 8.92 Å². The summed E-state index contributed by atoms with van der Waals surface area (Å²) in [7, 11) is -2.82. The average Bonchev–Trinajstić information content (AvgIpc) is 3.48. The van der Waals surface area contributed by atoms with Crippen LogP contribution in [-0.2, 0) is 31.8 Å². The molecule has 1 aliphatic carbocycles. The highest BCUT2D eigenvalue weighted by Crippen LogP contribution is 2.39. The van der Waals surface area contributed by atoms with E-state index in [1.54, 1.807) is 13.0 Å². The van der Waals surface area contributed by atoms with E-state index in [1.807, 2.05) is 4.72 Å². The molecule has 41 heavy (non-hydrogen) atoms. The normalized spacial score (nSPS) is 22.9. The second-order valence-electron chi connectivity index (χ2n) is 9.65. The Morgan fingerprint density at radius 3 is 2.78 bits per heavy atom. The van der Waals surface area contributed by atoms with E-state index in [0.717, 1.165) is 17.4 Å². The molecule has 0 spiro atoms. The monoisotopic (exact) mass is 613 g/mol. The van der Waals surface area contributed by atoms with Gasteiger partial charge >= 0.3 is 16.5 Å². The van der Waals surface area contributed by atoms with Crippen LogP contribution in [-0.4, -0.2) is 66.2 Å². The molecule has 1 saturated carbocycles. The van der Waals surface area contributed by atoms with Gasteiger partial charge in [-0.3, -0.25) is 8.98 Å². The van der Waals surface area contributed by atoms with Crippen molar-refractivity contribution in [2.45, 2.75) is 56.7 Å². The Labute approximate surface area is 237 Å². The van der Waals surface area contributed by atoms with Crippen LogP contribution in [0.1, 0.15) is 61.6 Å². The molecule has 1 aliphatic heterocycles. The van der Waals surface area contributed by atoms with Crippen molar-refractivity contribution < 1.29 is 40.4 Å². The number of ketones is 1. The fourth-order valence-corrected chi connectivity index (χ4v) is 6.55. The Hall–Kier alpha value is -3.02. The summed E-state index contributed by atoms with van der Waals surface area (Å²) in [6, 6.07) is 3.51. The number of aromatic nitrogens is 3. The lowest BCUT2D eigenvalue weighted by atomic mass is 9.97. The number of carbonyl (C=O) groups is 1. The van der Waals surface area contributed by atoms with Gasteiger partial charge in [0.25, 0.3) is 0 Å². The number of carbonyl (C=O) groups excluding carboxylic acids is 1. The fourth-order valence-electron chi connectivity index (χ4n) is 4.92. The molecule has 16 heteroatoms. The Morgan fingerprint density at radius 1 is 1.27 bits per heavy atom. The van der Waals surface area contributed by atoms with Gasteiger partial charge in [0.2, 0.25) is 5.78 Å². The summed E-state index contributed by atoms with van der Waals surface area (Å²) in [5.41, 5.74) is 0.486. The number of fused-ring (bicyclic) bond motifs is 1. The van der Waals surface area contributed by atoms with Gasteiger partial charge in [-0.2, -0.15) is 26.3 Å². The van der Waals surface area contributed by atoms with E-state index in [-0.39, 0.29) is 36.5 Å². The molecule has 4 atom stereocenters. The minimum atomic E-state index is -4.61. The van der Waals surface area contributed by atoms with Gasteiger partial charge in [0, 0.05) is 29.7 Å². The smallest absolute Gasteiger partial charge is 0.390 e. The van der Waals surface area contributed by atoms with Gasteiger partial charge in [0.1, 0.15) is 30.0 Å². The molecular weight excluding hydrogens is 587 g/mol. The first-order valence-corrected chi connectivity index (χ1v) is 14.8. The molecule has 0 bridgehead atoms. The van der Waals surface area contributed by atoms with Crippen molar-refractivity contribution in [3.05, 3.63) is 68.6 Å². The number of hydrogen-bond donors (Lipinski definition) is 3. The molecule has 0 saturated heterocycles. The van der Waals surface area contributed by atoms with Gasteiger partial charge < -0.3 is 15.2 Å². The number of alkyl halides is 3. The van der Waals surface area contributed by atoms with Gasteiger partial charge in [-0.05, 0) is 43.9 Å². The third kappa shape index (κ3) is 6.27. The van der Waals surface area contributed by atoms with Crippen LogP contribution in [0.3, 0.4) is 0 Å². The molecule has 4 heterocycles. The molecule has 1 fully saturated rings. The van der Waals surface area contributed by atoms with Gasteiger partial charge in [-0.1, -0.05) is 6.07 Å². The predicted molar refractivity (Wildman–Crippen MR) is 141 cm³/mol. The zero-order valence-electron chi connectivity index (χ0n) is 21.8. The highest BCUT2D eigenvalue weighted by molar-refractivity contribution is 7.84. The average molecular weight is 614 g/mol. The predicted octanol–water partition coefficient (Wildman–Crippen LogP) is 2.94. The highest BCUT2D eigenvalue weighted by atomic mass is 32.2.